The first-order valence-corrected chi connectivity index (χ1v) is 9.01. The average Bonchev–Trinajstić information content (AvgIpc) is 3.28. The van der Waals surface area contributed by atoms with Crippen LogP contribution in [-0.4, -0.2) is 57.9 Å². The first kappa shape index (κ1) is 17.9. The number of rotatable bonds is 5. The molecule has 1 aromatic carbocycles. The third kappa shape index (κ3) is 4.00. The van der Waals surface area contributed by atoms with Gasteiger partial charge in [0.1, 0.15) is 11.5 Å². The van der Waals surface area contributed by atoms with Crippen molar-refractivity contribution in [3.63, 3.8) is 0 Å². The lowest BCUT2D eigenvalue weighted by atomic mass is 9.87. The predicted octanol–water partition coefficient (Wildman–Crippen LogP) is 2.28. The first-order valence-electron chi connectivity index (χ1n) is 9.01. The van der Waals surface area contributed by atoms with Crippen LogP contribution in [0.1, 0.15) is 25.3 Å². The Kier molecular flexibility index (Phi) is 5.68. The largest absolute Gasteiger partial charge is 0.497 e. The zero-order valence-electron chi connectivity index (χ0n) is 15.5. The van der Waals surface area contributed by atoms with Crippen molar-refractivity contribution in [2.45, 2.75) is 26.3 Å². The van der Waals surface area contributed by atoms with Crippen molar-refractivity contribution in [1.29, 1.82) is 0 Å². The molecule has 25 heavy (non-hydrogen) atoms. The fourth-order valence-electron chi connectivity index (χ4n) is 3.66. The van der Waals surface area contributed by atoms with Gasteiger partial charge in [-0.25, -0.2) is 4.99 Å². The van der Waals surface area contributed by atoms with Gasteiger partial charge < -0.3 is 24.4 Å². The van der Waals surface area contributed by atoms with E-state index in [-0.39, 0.29) is 0 Å². The van der Waals surface area contributed by atoms with Crippen molar-refractivity contribution >= 4 is 5.96 Å². The van der Waals surface area contributed by atoms with Gasteiger partial charge in [0, 0.05) is 43.3 Å². The van der Waals surface area contributed by atoms with Crippen molar-refractivity contribution in [2.75, 3.05) is 47.1 Å². The summed E-state index contributed by atoms with van der Waals surface area (Å²) in [7, 11) is 3.34. The highest BCUT2D eigenvalue weighted by Crippen LogP contribution is 2.38. The number of benzene rings is 1. The predicted molar refractivity (Wildman–Crippen MR) is 98.4 cm³/mol. The van der Waals surface area contributed by atoms with E-state index in [1.54, 1.807) is 14.2 Å². The molecule has 0 radical (unpaired) electrons. The number of nitrogens with one attached hydrogen (secondary N) is 1. The van der Waals surface area contributed by atoms with E-state index in [2.05, 4.69) is 17.1 Å². The molecule has 2 aliphatic rings. The number of hydrogen-bond donors (Lipinski definition) is 1. The normalized spacial score (nSPS) is 23.3. The van der Waals surface area contributed by atoms with Gasteiger partial charge in [0.2, 0.25) is 0 Å². The van der Waals surface area contributed by atoms with E-state index >= 15 is 0 Å². The Balaban J connectivity index is 1.72. The van der Waals surface area contributed by atoms with Crippen molar-refractivity contribution in [1.82, 2.24) is 10.2 Å². The van der Waals surface area contributed by atoms with Crippen LogP contribution in [0.4, 0.5) is 0 Å². The molecule has 1 unspecified atom stereocenters. The quantitative estimate of drug-likeness (QED) is 0.654. The van der Waals surface area contributed by atoms with Crippen molar-refractivity contribution in [3.8, 4) is 11.5 Å². The van der Waals surface area contributed by atoms with Gasteiger partial charge in [-0.05, 0) is 31.9 Å². The SMILES string of the molecule is CCNC(=NCc1ccc(OC)cc1OC)N1CCC2(CCOC2)C1. The second kappa shape index (κ2) is 7.95. The summed E-state index contributed by atoms with van der Waals surface area (Å²) in [5, 5.41) is 3.43. The van der Waals surface area contributed by atoms with Crippen LogP contribution >= 0.6 is 0 Å². The van der Waals surface area contributed by atoms with Crippen molar-refractivity contribution in [2.24, 2.45) is 10.4 Å². The Labute approximate surface area is 150 Å². The molecule has 6 heteroatoms. The maximum absolute atomic E-state index is 5.64. The van der Waals surface area contributed by atoms with E-state index in [0.717, 1.165) is 62.3 Å². The molecule has 2 fully saturated rings. The number of ether oxygens (including phenoxy) is 3. The van der Waals surface area contributed by atoms with Crippen LogP contribution in [0.3, 0.4) is 0 Å². The van der Waals surface area contributed by atoms with E-state index in [0.29, 0.717) is 12.0 Å². The molecule has 1 spiro atoms. The maximum atomic E-state index is 5.64. The maximum Gasteiger partial charge on any atom is 0.194 e. The fourth-order valence-corrected chi connectivity index (χ4v) is 3.66. The van der Waals surface area contributed by atoms with E-state index in [9.17, 15) is 0 Å². The minimum atomic E-state index is 0.327. The summed E-state index contributed by atoms with van der Waals surface area (Å²) in [5.41, 5.74) is 1.38. The van der Waals surface area contributed by atoms with Gasteiger partial charge in [-0.3, -0.25) is 0 Å². The summed E-state index contributed by atoms with van der Waals surface area (Å²) in [6, 6.07) is 5.86. The standard InChI is InChI=1S/C19H29N3O3/c1-4-20-18(22-9-7-19(13-22)8-10-25-14-19)21-12-15-5-6-16(23-2)11-17(15)24-3/h5-6,11H,4,7-10,12-14H2,1-3H3,(H,20,21). The second-order valence-corrected chi connectivity index (χ2v) is 6.82. The first-order chi connectivity index (χ1) is 12.2. The van der Waals surface area contributed by atoms with E-state index < -0.39 is 0 Å². The van der Waals surface area contributed by atoms with Gasteiger partial charge in [0.15, 0.2) is 5.96 Å². The lowest BCUT2D eigenvalue weighted by Crippen LogP contribution is -2.41. The Morgan fingerprint density at radius 2 is 2.20 bits per heavy atom. The summed E-state index contributed by atoms with van der Waals surface area (Å²) in [6.45, 7) is 7.38. The van der Waals surface area contributed by atoms with Crippen molar-refractivity contribution < 1.29 is 14.2 Å². The van der Waals surface area contributed by atoms with Crippen LogP contribution in [0.15, 0.2) is 23.2 Å². The number of methoxy groups -OCH3 is 2. The number of aliphatic imine (C=N–C) groups is 1. The van der Waals surface area contributed by atoms with Gasteiger partial charge in [-0.15, -0.1) is 0 Å². The second-order valence-electron chi connectivity index (χ2n) is 6.82. The van der Waals surface area contributed by atoms with Crippen LogP contribution in [-0.2, 0) is 11.3 Å². The number of likely N-dealkylation sites (tertiary alicyclic amines) is 1. The van der Waals surface area contributed by atoms with Crippen molar-refractivity contribution in [3.05, 3.63) is 23.8 Å². The van der Waals surface area contributed by atoms with Crippen LogP contribution in [0.5, 0.6) is 11.5 Å². The van der Waals surface area contributed by atoms with Gasteiger partial charge in [0.25, 0.3) is 0 Å². The molecular weight excluding hydrogens is 318 g/mol. The minimum Gasteiger partial charge on any atom is -0.497 e. The van der Waals surface area contributed by atoms with E-state index in [4.69, 9.17) is 19.2 Å². The van der Waals surface area contributed by atoms with E-state index in [1.165, 1.54) is 6.42 Å². The third-order valence-corrected chi connectivity index (χ3v) is 5.15. The summed E-state index contributed by atoms with van der Waals surface area (Å²) < 4.78 is 16.4. The zero-order chi connectivity index (χ0) is 17.7. The van der Waals surface area contributed by atoms with Gasteiger partial charge in [-0.2, -0.15) is 0 Å². The smallest absolute Gasteiger partial charge is 0.194 e. The van der Waals surface area contributed by atoms with Crippen LogP contribution < -0.4 is 14.8 Å². The molecule has 3 rings (SSSR count). The molecule has 0 bridgehead atoms. The molecule has 2 saturated heterocycles. The lowest BCUT2D eigenvalue weighted by molar-refractivity contribution is 0.156. The Hall–Kier alpha value is -1.95. The molecule has 1 N–H and O–H groups in total. The molecule has 0 amide bonds. The Morgan fingerprint density at radius 3 is 2.88 bits per heavy atom. The summed E-state index contributed by atoms with van der Waals surface area (Å²) in [6.07, 6.45) is 2.35. The number of guanidine groups is 1. The number of nitrogens with zero attached hydrogens (tertiary/aromatic N) is 2. The van der Waals surface area contributed by atoms with Gasteiger partial charge in [0.05, 0.1) is 27.4 Å². The third-order valence-electron chi connectivity index (χ3n) is 5.15. The molecule has 0 saturated carbocycles. The van der Waals surface area contributed by atoms with Gasteiger partial charge >= 0.3 is 0 Å². The topological polar surface area (TPSA) is 55.3 Å². The zero-order valence-corrected chi connectivity index (χ0v) is 15.5. The molecule has 0 aliphatic carbocycles. The number of hydrogen-bond acceptors (Lipinski definition) is 4. The molecule has 2 aliphatic heterocycles. The molecule has 6 nitrogen and oxygen atoms in total. The molecule has 1 aromatic rings. The Morgan fingerprint density at radius 1 is 1.32 bits per heavy atom. The lowest BCUT2D eigenvalue weighted by Gasteiger charge is -2.25. The molecule has 0 aromatic heterocycles. The molecule has 1 atom stereocenters. The summed E-state index contributed by atoms with van der Waals surface area (Å²) in [4.78, 5) is 7.22. The summed E-state index contributed by atoms with van der Waals surface area (Å²) >= 11 is 0. The highest BCUT2D eigenvalue weighted by Gasteiger charge is 2.42. The van der Waals surface area contributed by atoms with Crippen LogP contribution in [0.2, 0.25) is 0 Å². The monoisotopic (exact) mass is 347 g/mol. The summed E-state index contributed by atoms with van der Waals surface area (Å²) in [5.74, 6) is 2.57. The van der Waals surface area contributed by atoms with Gasteiger partial charge in [-0.1, -0.05) is 0 Å². The van der Waals surface area contributed by atoms with Crippen LogP contribution in [0.25, 0.3) is 0 Å². The van der Waals surface area contributed by atoms with E-state index in [1.807, 2.05) is 18.2 Å². The molecule has 2 heterocycles. The molecule has 138 valence electrons. The van der Waals surface area contributed by atoms with Crippen LogP contribution in [0, 0.1) is 5.41 Å². The minimum absolute atomic E-state index is 0.327. The highest BCUT2D eigenvalue weighted by molar-refractivity contribution is 5.80. The fraction of sp³-hybridized carbons (Fsp3) is 0.632. The molecular formula is C19H29N3O3. The Bertz CT molecular complexity index is 612. The average molecular weight is 347 g/mol. The highest BCUT2D eigenvalue weighted by atomic mass is 16.5.